The third kappa shape index (κ3) is 5.29. The van der Waals surface area contributed by atoms with Crippen molar-refractivity contribution in [2.45, 2.75) is 82.2 Å². The van der Waals surface area contributed by atoms with Crippen molar-refractivity contribution in [1.82, 2.24) is 15.1 Å². The van der Waals surface area contributed by atoms with Gasteiger partial charge in [0.25, 0.3) is 5.92 Å². The Bertz CT molecular complexity index is 698. The molecule has 0 bridgehead atoms. The summed E-state index contributed by atoms with van der Waals surface area (Å²) in [7, 11) is 0. The van der Waals surface area contributed by atoms with E-state index in [4.69, 9.17) is 5.26 Å². The van der Waals surface area contributed by atoms with Crippen molar-refractivity contribution < 1.29 is 18.4 Å². The molecule has 1 spiro atoms. The first-order valence-corrected chi connectivity index (χ1v) is 11.4. The predicted octanol–water partition coefficient (Wildman–Crippen LogP) is 3.32. The standard InChI is InChI=1S/C22H32F2N4O2/c23-22(24,12-16-3-4-16)13-18(19(29)2-1-9-25)26-20(30)28-14-21(15-28)7-10-27(11-8-21)17-5-6-17/h16-18H,1-8,10-15H2,(H,26,30)/t18-/m0/s1. The molecule has 2 amide bonds. The lowest BCUT2D eigenvalue weighted by Crippen LogP contribution is -2.65. The van der Waals surface area contributed by atoms with Crippen LogP contribution in [0.2, 0.25) is 0 Å². The van der Waals surface area contributed by atoms with Gasteiger partial charge in [-0.15, -0.1) is 0 Å². The number of carbonyl (C=O) groups excluding carboxylic acids is 2. The summed E-state index contributed by atoms with van der Waals surface area (Å²) in [5.74, 6) is -3.43. The highest BCUT2D eigenvalue weighted by Gasteiger charge is 2.49. The highest BCUT2D eigenvalue weighted by Crippen LogP contribution is 2.43. The fraction of sp³-hybridized carbons (Fsp3) is 0.864. The molecule has 1 atom stereocenters. The molecule has 0 aromatic rings. The SMILES string of the molecule is N#CCCC(=O)[C@H](CC(F)(F)CC1CC1)NC(=O)N1CC2(CCN(C3CC3)CC2)C1. The Morgan fingerprint density at radius 3 is 2.40 bits per heavy atom. The van der Waals surface area contributed by atoms with Gasteiger partial charge in [-0.05, 0) is 57.5 Å². The Morgan fingerprint density at radius 1 is 1.17 bits per heavy atom. The van der Waals surface area contributed by atoms with Gasteiger partial charge in [-0.1, -0.05) is 0 Å². The second-order valence-electron chi connectivity index (χ2n) is 9.96. The second kappa shape index (κ2) is 8.41. The van der Waals surface area contributed by atoms with Gasteiger partial charge in [0.15, 0.2) is 5.78 Å². The van der Waals surface area contributed by atoms with Crippen molar-refractivity contribution in [2.24, 2.45) is 11.3 Å². The summed E-state index contributed by atoms with van der Waals surface area (Å²) in [5.41, 5.74) is 0.152. The number of alkyl halides is 2. The van der Waals surface area contributed by atoms with Gasteiger partial charge in [-0.3, -0.25) is 4.79 Å². The molecule has 0 unspecified atom stereocenters. The third-order valence-electron chi connectivity index (χ3n) is 7.22. The van der Waals surface area contributed by atoms with E-state index in [1.807, 2.05) is 6.07 Å². The van der Waals surface area contributed by atoms with E-state index in [1.54, 1.807) is 4.90 Å². The number of carbonyl (C=O) groups is 2. The highest BCUT2D eigenvalue weighted by atomic mass is 19.3. The van der Waals surface area contributed by atoms with E-state index in [0.717, 1.165) is 44.8 Å². The van der Waals surface area contributed by atoms with E-state index in [9.17, 15) is 18.4 Å². The van der Waals surface area contributed by atoms with Crippen LogP contribution in [0.15, 0.2) is 0 Å². The van der Waals surface area contributed by atoms with Crippen LogP contribution in [0.1, 0.15) is 64.2 Å². The summed E-state index contributed by atoms with van der Waals surface area (Å²) in [6, 6.07) is 0.983. The number of nitrogens with one attached hydrogen (secondary N) is 1. The van der Waals surface area contributed by atoms with Gasteiger partial charge >= 0.3 is 6.03 Å². The molecule has 2 saturated carbocycles. The maximum Gasteiger partial charge on any atom is 0.318 e. The molecular formula is C22H32F2N4O2. The monoisotopic (exact) mass is 422 g/mol. The Labute approximate surface area is 176 Å². The van der Waals surface area contributed by atoms with Gasteiger partial charge in [0, 0.05) is 50.2 Å². The smallest absolute Gasteiger partial charge is 0.318 e. The number of halogens is 2. The van der Waals surface area contributed by atoms with Gasteiger partial charge in [-0.25, -0.2) is 13.6 Å². The molecule has 4 fully saturated rings. The number of hydrogen-bond acceptors (Lipinski definition) is 4. The summed E-state index contributed by atoms with van der Waals surface area (Å²) in [4.78, 5) is 29.3. The van der Waals surface area contributed by atoms with Gasteiger partial charge in [0.05, 0.1) is 12.1 Å². The number of nitrogens with zero attached hydrogens (tertiary/aromatic N) is 3. The number of urea groups is 1. The molecule has 0 aromatic heterocycles. The Balaban J connectivity index is 1.29. The van der Waals surface area contributed by atoms with Gasteiger partial charge in [-0.2, -0.15) is 5.26 Å². The number of nitriles is 1. The van der Waals surface area contributed by atoms with Gasteiger partial charge in [0.1, 0.15) is 0 Å². The number of likely N-dealkylation sites (tertiary alicyclic amines) is 2. The van der Waals surface area contributed by atoms with Crippen molar-refractivity contribution >= 4 is 11.8 Å². The Morgan fingerprint density at radius 2 is 1.83 bits per heavy atom. The zero-order valence-corrected chi connectivity index (χ0v) is 17.5. The van der Waals surface area contributed by atoms with Crippen LogP contribution in [-0.4, -0.2) is 65.8 Å². The van der Waals surface area contributed by atoms with Crippen molar-refractivity contribution in [2.75, 3.05) is 26.2 Å². The lowest BCUT2D eigenvalue weighted by Gasteiger charge is -2.54. The molecule has 2 heterocycles. The van der Waals surface area contributed by atoms with E-state index in [0.29, 0.717) is 13.1 Å². The summed E-state index contributed by atoms with van der Waals surface area (Å²) in [6.07, 6.45) is 5.32. The van der Waals surface area contributed by atoms with E-state index in [-0.39, 0.29) is 30.6 Å². The Hall–Kier alpha value is -1.75. The lowest BCUT2D eigenvalue weighted by atomic mass is 9.72. The molecule has 166 valence electrons. The molecular weight excluding hydrogens is 390 g/mol. The minimum atomic E-state index is -2.98. The van der Waals surface area contributed by atoms with Gasteiger partial charge in [0.2, 0.25) is 0 Å². The van der Waals surface area contributed by atoms with Crippen molar-refractivity contribution in [3.8, 4) is 6.07 Å². The number of hydrogen-bond donors (Lipinski definition) is 1. The fourth-order valence-corrected chi connectivity index (χ4v) is 4.99. The number of rotatable bonds is 9. The van der Waals surface area contributed by atoms with E-state index in [1.165, 1.54) is 12.8 Å². The first-order valence-electron chi connectivity index (χ1n) is 11.4. The second-order valence-corrected chi connectivity index (χ2v) is 9.96. The van der Waals surface area contributed by atoms with Crippen molar-refractivity contribution in [3.05, 3.63) is 0 Å². The van der Waals surface area contributed by atoms with Crippen LogP contribution in [-0.2, 0) is 4.79 Å². The number of piperidine rings is 1. The largest absolute Gasteiger partial charge is 0.328 e. The van der Waals surface area contributed by atoms with Crippen LogP contribution in [0.5, 0.6) is 0 Å². The molecule has 4 aliphatic rings. The van der Waals surface area contributed by atoms with Crippen LogP contribution in [0.4, 0.5) is 13.6 Å². The predicted molar refractivity (Wildman–Crippen MR) is 107 cm³/mol. The van der Waals surface area contributed by atoms with E-state index >= 15 is 0 Å². The van der Waals surface area contributed by atoms with E-state index in [2.05, 4.69) is 10.2 Å². The quantitative estimate of drug-likeness (QED) is 0.618. The summed E-state index contributed by atoms with van der Waals surface area (Å²) < 4.78 is 28.8. The minimum Gasteiger partial charge on any atom is -0.328 e. The molecule has 6 nitrogen and oxygen atoms in total. The van der Waals surface area contributed by atoms with E-state index < -0.39 is 30.2 Å². The van der Waals surface area contributed by atoms with Crippen molar-refractivity contribution in [1.29, 1.82) is 5.26 Å². The molecule has 2 aliphatic heterocycles. The van der Waals surface area contributed by atoms with Gasteiger partial charge < -0.3 is 15.1 Å². The van der Waals surface area contributed by atoms with Crippen LogP contribution in [0.25, 0.3) is 0 Å². The molecule has 0 radical (unpaired) electrons. The molecule has 8 heteroatoms. The molecule has 4 rings (SSSR count). The van der Waals surface area contributed by atoms with Crippen LogP contribution >= 0.6 is 0 Å². The maximum absolute atomic E-state index is 14.4. The zero-order chi connectivity index (χ0) is 21.4. The molecule has 1 N–H and O–H groups in total. The minimum absolute atomic E-state index is 0.0241. The van der Waals surface area contributed by atoms with Crippen LogP contribution in [0, 0.1) is 22.7 Å². The highest BCUT2D eigenvalue weighted by molar-refractivity contribution is 5.89. The average Bonchev–Trinajstić information content (AvgIpc) is 3.58. The summed E-state index contributed by atoms with van der Waals surface area (Å²) in [6.45, 7) is 3.41. The normalized spacial score (nSPS) is 24.8. The maximum atomic E-state index is 14.4. The molecule has 2 saturated heterocycles. The van der Waals surface area contributed by atoms with Crippen molar-refractivity contribution in [3.63, 3.8) is 0 Å². The summed E-state index contributed by atoms with van der Waals surface area (Å²) in [5, 5.41) is 11.3. The Kier molecular flexibility index (Phi) is 6.02. The molecule has 0 aromatic carbocycles. The average molecular weight is 423 g/mol. The number of amides is 2. The fourth-order valence-electron chi connectivity index (χ4n) is 4.99. The zero-order valence-electron chi connectivity index (χ0n) is 17.5. The number of ketones is 1. The van der Waals surface area contributed by atoms with Crippen LogP contribution < -0.4 is 5.32 Å². The topological polar surface area (TPSA) is 76.4 Å². The number of Topliss-reactive ketones (excluding diaryl/α,β-unsaturated/α-hetero) is 1. The molecule has 30 heavy (non-hydrogen) atoms. The first-order chi connectivity index (χ1) is 14.3. The molecule has 2 aliphatic carbocycles. The summed E-state index contributed by atoms with van der Waals surface area (Å²) >= 11 is 0. The lowest BCUT2D eigenvalue weighted by molar-refractivity contribution is -0.124. The first kappa shape index (κ1) is 21.5. The van der Waals surface area contributed by atoms with Crippen LogP contribution in [0.3, 0.4) is 0 Å². The third-order valence-corrected chi connectivity index (χ3v) is 7.22.